The maximum atomic E-state index is 12.7. The van der Waals surface area contributed by atoms with E-state index < -0.39 is 12.0 Å². The molecule has 0 bridgehead atoms. The normalized spacial score (nSPS) is 17.1. The summed E-state index contributed by atoms with van der Waals surface area (Å²) in [6.07, 6.45) is 6.08. The molecular formula is C25H30N6O4. The average molecular weight is 479 g/mol. The van der Waals surface area contributed by atoms with Gasteiger partial charge in [0.15, 0.2) is 11.5 Å². The Balaban J connectivity index is 1.46. The molecule has 4 heterocycles. The Labute approximate surface area is 203 Å². The predicted octanol–water partition coefficient (Wildman–Crippen LogP) is 1.83. The van der Waals surface area contributed by atoms with Crippen molar-refractivity contribution in [2.24, 2.45) is 4.99 Å². The van der Waals surface area contributed by atoms with Crippen molar-refractivity contribution in [3.63, 3.8) is 0 Å². The van der Waals surface area contributed by atoms with E-state index in [0.717, 1.165) is 24.3 Å². The number of aliphatic hydroxyl groups is 1. The second-order valence-electron chi connectivity index (χ2n) is 8.82. The van der Waals surface area contributed by atoms with Crippen LogP contribution in [0.3, 0.4) is 0 Å². The summed E-state index contributed by atoms with van der Waals surface area (Å²) in [5.41, 5.74) is 1.21. The van der Waals surface area contributed by atoms with Crippen molar-refractivity contribution in [2.45, 2.75) is 31.9 Å². The molecule has 1 atom stereocenters. The van der Waals surface area contributed by atoms with Gasteiger partial charge in [-0.05, 0) is 50.2 Å². The summed E-state index contributed by atoms with van der Waals surface area (Å²) in [5, 5.41) is 14.7. The first-order valence-corrected chi connectivity index (χ1v) is 12.0. The first-order chi connectivity index (χ1) is 17.1. The van der Waals surface area contributed by atoms with Crippen molar-refractivity contribution in [3.8, 4) is 11.5 Å². The molecule has 2 aliphatic heterocycles. The van der Waals surface area contributed by atoms with Crippen LogP contribution in [0.4, 0.5) is 5.82 Å². The van der Waals surface area contributed by atoms with Crippen LogP contribution in [0.1, 0.15) is 29.6 Å². The molecule has 1 saturated heterocycles. The molecule has 1 fully saturated rings. The molecule has 184 valence electrons. The molecule has 35 heavy (non-hydrogen) atoms. The molecular weight excluding hydrogens is 448 g/mol. The zero-order valence-corrected chi connectivity index (χ0v) is 19.8. The fourth-order valence-corrected chi connectivity index (χ4v) is 4.67. The van der Waals surface area contributed by atoms with E-state index in [1.54, 1.807) is 25.4 Å². The monoisotopic (exact) mass is 478 g/mol. The minimum atomic E-state index is -0.610. The van der Waals surface area contributed by atoms with E-state index in [-0.39, 0.29) is 12.2 Å². The number of benzene rings is 1. The molecule has 10 nitrogen and oxygen atoms in total. The molecule has 1 aromatic carbocycles. The van der Waals surface area contributed by atoms with Crippen molar-refractivity contribution < 1.29 is 19.4 Å². The first-order valence-electron chi connectivity index (χ1n) is 12.0. The Bertz CT molecular complexity index is 1270. The Morgan fingerprint density at radius 2 is 2.09 bits per heavy atom. The van der Waals surface area contributed by atoms with Gasteiger partial charge >= 0.3 is 0 Å². The van der Waals surface area contributed by atoms with Gasteiger partial charge in [-0.1, -0.05) is 6.42 Å². The van der Waals surface area contributed by atoms with Gasteiger partial charge in [-0.2, -0.15) is 4.99 Å². The number of fused-ring (bicyclic) bond motifs is 3. The minimum Gasteiger partial charge on any atom is -0.491 e. The lowest BCUT2D eigenvalue weighted by molar-refractivity contribution is 0.0609. The number of nitrogens with zero attached hydrogens (tertiary/aromatic N) is 5. The third-order valence-electron chi connectivity index (χ3n) is 6.36. The minimum absolute atomic E-state index is 0.146. The Morgan fingerprint density at radius 3 is 2.86 bits per heavy atom. The van der Waals surface area contributed by atoms with Gasteiger partial charge in [-0.15, -0.1) is 0 Å². The highest BCUT2D eigenvalue weighted by molar-refractivity contribution is 5.96. The Kier molecular flexibility index (Phi) is 6.91. The summed E-state index contributed by atoms with van der Waals surface area (Å²) >= 11 is 0. The zero-order valence-electron chi connectivity index (χ0n) is 19.8. The highest BCUT2D eigenvalue weighted by atomic mass is 16.5. The van der Waals surface area contributed by atoms with Crippen molar-refractivity contribution in [1.82, 2.24) is 19.4 Å². The van der Waals surface area contributed by atoms with Gasteiger partial charge in [0.05, 0.1) is 12.7 Å². The van der Waals surface area contributed by atoms with Crippen molar-refractivity contribution >= 4 is 22.6 Å². The van der Waals surface area contributed by atoms with Crippen molar-refractivity contribution in [2.75, 3.05) is 45.2 Å². The average Bonchev–Trinajstić information content (AvgIpc) is 3.39. The maximum absolute atomic E-state index is 12.7. The summed E-state index contributed by atoms with van der Waals surface area (Å²) in [6.45, 7) is 4.10. The maximum Gasteiger partial charge on any atom is 0.281 e. The molecule has 0 unspecified atom stereocenters. The fourth-order valence-electron chi connectivity index (χ4n) is 4.67. The molecule has 2 aliphatic rings. The molecule has 0 saturated carbocycles. The smallest absolute Gasteiger partial charge is 0.281 e. The quantitative estimate of drug-likeness (QED) is 0.529. The second-order valence-corrected chi connectivity index (χ2v) is 8.82. The van der Waals surface area contributed by atoms with Crippen LogP contribution in [0.5, 0.6) is 11.5 Å². The Hall–Kier alpha value is -3.50. The highest BCUT2D eigenvalue weighted by Gasteiger charge is 2.22. The number of β-amino-alcohol motifs (C(OH)–C–C–N with tert-alkyl or cyclic N) is 1. The summed E-state index contributed by atoms with van der Waals surface area (Å²) in [7, 11) is 1.55. The molecule has 3 aromatic rings. The zero-order chi connectivity index (χ0) is 24.2. The lowest BCUT2D eigenvalue weighted by Crippen LogP contribution is -2.38. The highest BCUT2D eigenvalue weighted by Crippen LogP contribution is 2.37. The molecule has 2 aromatic heterocycles. The van der Waals surface area contributed by atoms with Gasteiger partial charge in [0.25, 0.3) is 5.91 Å². The number of anilines is 1. The van der Waals surface area contributed by atoms with Crippen LogP contribution < -0.4 is 20.4 Å². The Morgan fingerprint density at radius 1 is 1.23 bits per heavy atom. The van der Waals surface area contributed by atoms with E-state index in [4.69, 9.17) is 14.5 Å². The van der Waals surface area contributed by atoms with Gasteiger partial charge in [-0.25, -0.2) is 4.98 Å². The first kappa shape index (κ1) is 23.3. The number of nitrogens with one attached hydrogen (secondary N) is 1. The number of hydrogen-bond donors (Lipinski definition) is 2. The van der Waals surface area contributed by atoms with Crippen LogP contribution in [0.15, 0.2) is 41.7 Å². The molecule has 5 rings (SSSR count). The lowest BCUT2D eigenvalue weighted by Gasteiger charge is -2.28. The van der Waals surface area contributed by atoms with Crippen LogP contribution in [-0.4, -0.2) is 76.4 Å². The van der Waals surface area contributed by atoms with E-state index in [1.165, 1.54) is 25.5 Å². The number of pyridine rings is 1. The van der Waals surface area contributed by atoms with Crippen molar-refractivity contribution in [3.05, 3.63) is 47.8 Å². The molecule has 0 spiro atoms. The van der Waals surface area contributed by atoms with Crippen LogP contribution >= 0.6 is 0 Å². The summed E-state index contributed by atoms with van der Waals surface area (Å²) in [5.74, 6) is 1.33. The number of aromatic nitrogens is 3. The van der Waals surface area contributed by atoms with Crippen LogP contribution in [0.25, 0.3) is 10.9 Å². The third kappa shape index (κ3) is 4.98. The summed E-state index contributed by atoms with van der Waals surface area (Å²) in [4.78, 5) is 28.0. The summed E-state index contributed by atoms with van der Waals surface area (Å²) in [6, 6.07) is 7.11. The number of likely N-dealkylation sites (tertiary alicyclic amines) is 1. The largest absolute Gasteiger partial charge is 0.491 e. The van der Waals surface area contributed by atoms with E-state index in [9.17, 15) is 9.90 Å². The molecule has 1 amide bonds. The molecule has 2 N–H and O–H groups in total. The van der Waals surface area contributed by atoms with Gasteiger partial charge < -0.3 is 24.8 Å². The fraction of sp³-hybridized carbons (Fsp3) is 0.440. The standard InChI is InChI=1S/C25H30N6O4/c1-34-22-20(35-16-18(32)15-30-11-3-2-4-12-30)8-7-19-21(22)28-25(31-13-10-27-23(19)31)29-24(33)17-6-5-9-26-14-17/h5-9,14,18,27,32H,2-4,10-13,15-16H2,1H3/t18-/m0/s1. The van der Waals surface area contributed by atoms with Gasteiger partial charge in [-0.3, -0.25) is 14.3 Å². The van der Waals surface area contributed by atoms with Crippen molar-refractivity contribution in [1.29, 1.82) is 0 Å². The molecule has 10 heteroatoms. The van der Waals surface area contributed by atoms with E-state index >= 15 is 0 Å². The van der Waals surface area contributed by atoms with Gasteiger partial charge in [0.1, 0.15) is 24.0 Å². The van der Waals surface area contributed by atoms with Gasteiger partial charge in [0, 0.05) is 37.4 Å². The number of piperidine rings is 1. The van der Waals surface area contributed by atoms with E-state index in [0.29, 0.717) is 42.2 Å². The predicted molar refractivity (Wildman–Crippen MR) is 131 cm³/mol. The molecule has 0 aliphatic carbocycles. The number of carbonyl (C=O) groups excluding carboxylic acids is 1. The topological polar surface area (TPSA) is 114 Å². The SMILES string of the molecule is COc1c(OC[C@@H](O)CN2CCCCC2)ccc2c3n(c(=NC(=O)c4cccnc4)nc12)CCN3. The van der Waals surface area contributed by atoms with Gasteiger partial charge in [0.2, 0.25) is 5.62 Å². The number of rotatable bonds is 7. The third-order valence-corrected chi connectivity index (χ3v) is 6.36. The number of amides is 1. The number of methoxy groups -OCH3 is 1. The van der Waals surface area contributed by atoms with Crippen LogP contribution in [0.2, 0.25) is 0 Å². The number of aliphatic hydroxyl groups excluding tert-OH is 1. The van der Waals surface area contributed by atoms with E-state index in [1.807, 2.05) is 16.7 Å². The lowest BCUT2D eigenvalue weighted by atomic mass is 10.1. The molecule has 0 radical (unpaired) electrons. The number of hydrogen-bond acceptors (Lipinski definition) is 8. The number of ether oxygens (including phenoxy) is 2. The second kappa shape index (κ2) is 10.4. The number of carbonyl (C=O) groups is 1. The summed E-state index contributed by atoms with van der Waals surface area (Å²) < 4.78 is 13.6. The van der Waals surface area contributed by atoms with Crippen LogP contribution in [0, 0.1) is 0 Å². The van der Waals surface area contributed by atoms with E-state index in [2.05, 4.69) is 20.2 Å². The van der Waals surface area contributed by atoms with Crippen LogP contribution in [-0.2, 0) is 6.54 Å².